The van der Waals surface area contributed by atoms with Gasteiger partial charge >= 0.3 is 5.97 Å². The lowest BCUT2D eigenvalue weighted by molar-refractivity contribution is -0.150. The molecular weight excluding hydrogens is 428 g/mol. The Morgan fingerprint density at radius 1 is 1.27 bits per heavy atom. The second-order valence-corrected chi connectivity index (χ2v) is 9.91. The van der Waals surface area contributed by atoms with Crippen LogP contribution in [0.4, 0.5) is 0 Å². The number of benzene rings is 1. The molecule has 1 unspecified atom stereocenters. The first kappa shape index (κ1) is 20.6. The molecule has 1 aliphatic rings. The van der Waals surface area contributed by atoms with Crippen molar-refractivity contribution < 1.29 is 17.9 Å². The molecule has 3 aromatic rings. The largest absolute Gasteiger partial charge is 0.457 e. The number of carbonyl (C=O) groups excluding carboxylic acids is 1. The first-order chi connectivity index (χ1) is 14.4. The van der Waals surface area contributed by atoms with Crippen molar-refractivity contribution in [3.05, 3.63) is 57.5 Å². The number of fused-ring (bicyclic) bond motifs is 1. The van der Waals surface area contributed by atoms with Gasteiger partial charge in [0, 0.05) is 18.3 Å². The van der Waals surface area contributed by atoms with E-state index in [1.807, 2.05) is 0 Å². The molecule has 4 rings (SSSR count). The summed E-state index contributed by atoms with van der Waals surface area (Å²) in [5, 5.41) is 4.55. The SMILES string of the molecule is Cc1cc(=O)n2nc(COC(=O)C3CCCCN3S(=O)(=O)c3ccccc3)sc2n1. The quantitative estimate of drug-likeness (QED) is 0.547. The topological polar surface area (TPSA) is 111 Å². The van der Waals surface area contributed by atoms with Crippen molar-refractivity contribution in [3.8, 4) is 0 Å². The van der Waals surface area contributed by atoms with Gasteiger partial charge in [-0.2, -0.15) is 13.9 Å². The van der Waals surface area contributed by atoms with Crippen LogP contribution in [0, 0.1) is 6.92 Å². The number of hydrogen-bond acceptors (Lipinski definition) is 8. The zero-order valence-electron chi connectivity index (χ0n) is 16.2. The molecule has 0 saturated carbocycles. The third-order valence-corrected chi connectivity index (χ3v) is 7.63. The van der Waals surface area contributed by atoms with Crippen LogP contribution in [-0.4, -0.2) is 45.9 Å². The Balaban J connectivity index is 1.52. The van der Waals surface area contributed by atoms with E-state index in [2.05, 4.69) is 10.1 Å². The highest BCUT2D eigenvalue weighted by Gasteiger charge is 2.38. The van der Waals surface area contributed by atoms with E-state index in [0.29, 0.717) is 28.5 Å². The molecule has 0 bridgehead atoms. The molecule has 0 spiro atoms. The summed E-state index contributed by atoms with van der Waals surface area (Å²) in [6, 6.07) is 8.54. The lowest BCUT2D eigenvalue weighted by atomic mass is 10.1. The van der Waals surface area contributed by atoms with E-state index in [1.54, 1.807) is 25.1 Å². The van der Waals surface area contributed by atoms with Gasteiger partial charge in [0.1, 0.15) is 12.6 Å². The Kier molecular flexibility index (Phi) is 5.67. The predicted molar refractivity (Wildman–Crippen MR) is 110 cm³/mol. The van der Waals surface area contributed by atoms with E-state index in [0.717, 1.165) is 22.3 Å². The summed E-state index contributed by atoms with van der Waals surface area (Å²) in [6.45, 7) is 1.82. The number of esters is 1. The fourth-order valence-corrected chi connectivity index (χ4v) is 5.93. The zero-order chi connectivity index (χ0) is 21.3. The van der Waals surface area contributed by atoms with Crippen LogP contribution in [0.3, 0.4) is 0 Å². The summed E-state index contributed by atoms with van der Waals surface area (Å²) in [5.41, 5.74) is 0.273. The molecule has 0 radical (unpaired) electrons. The molecule has 3 heterocycles. The van der Waals surface area contributed by atoms with Gasteiger partial charge in [0.2, 0.25) is 15.0 Å². The third-order valence-electron chi connectivity index (χ3n) is 4.83. The lowest BCUT2D eigenvalue weighted by Crippen LogP contribution is -2.48. The van der Waals surface area contributed by atoms with Crippen LogP contribution in [0.15, 0.2) is 46.1 Å². The first-order valence-corrected chi connectivity index (χ1v) is 11.7. The maximum absolute atomic E-state index is 13.0. The molecule has 11 heteroatoms. The number of carbonyl (C=O) groups is 1. The Morgan fingerprint density at radius 3 is 2.80 bits per heavy atom. The second-order valence-electron chi connectivity index (χ2n) is 6.97. The monoisotopic (exact) mass is 448 g/mol. The predicted octanol–water partition coefficient (Wildman–Crippen LogP) is 1.75. The van der Waals surface area contributed by atoms with E-state index in [9.17, 15) is 18.0 Å². The molecule has 1 fully saturated rings. The second kappa shape index (κ2) is 8.25. The van der Waals surface area contributed by atoms with Gasteiger partial charge in [-0.15, -0.1) is 0 Å². The van der Waals surface area contributed by atoms with Crippen molar-refractivity contribution in [2.24, 2.45) is 0 Å². The summed E-state index contributed by atoms with van der Waals surface area (Å²) in [7, 11) is -3.81. The Labute approximate surface area is 177 Å². The highest BCUT2D eigenvalue weighted by Crippen LogP contribution is 2.26. The van der Waals surface area contributed by atoms with Crippen molar-refractivity contribution in [2.45, 2.75) is 43.7 Å². The summed E-state index contributed by atoms with van der Waals surface area (Å²) in [5.74, 6) is -0.620. The average Bonchev–Trinajstić information content (AvgIpc) is 3.16. The number of aryl methyl sites for hydroxylation is 1. The molecule has 158 valence electrons. The Bertz CT molecular complexity index is 1240. The molecule has 1 aromatic carbocycles. The first-order valence-electron chi connectivity index (χ1n) is 9.46. The van der Waals surface area contributed by atoms with Gasteiger partial charge in [0.15, 0.2) is 5.01 Å². The van der Waals surface area contributed by atoms with Gasteiger partial charge < -0.3 is 4.74 Å². The number of aromatic nitrogens is 3. The molecule has 0 amide bonds. The summed E-state index contributed by atoms with van der Waals surface area (Å²) in [6.07, 6.45) is 1.81. The van der Waals surface area contributed by atoms with Crippen molar-refractivity contribution >= 4 is 32.3 Å². The highest BCUT2D eigenvalue weighted by molar-refractivity contribution is 7.89. The van der Waals surface area contributed by atoms with Crippen LogP contribution in [0.25, 0.3) is 4.96 Å². The fraction of sp³-hybridized carbons (Fsp3) is 0.368. The summed E-state index contributed by atoms with van der Waals surface area (Å²) < 4.78 is 33.8. The van der Waals surface area contributed by atoms with Gasteiger partial charge in [-0.3, -0.25) is 9.59 Å². The van der Waals surface area contributed by atoms with Crippen LogP contribution < -0.4 is 5.56 Å². The lowest BCUT2D eigenvalue weighted by Gasteiger charge is -2.32. The van der Waals surface area contributed by atoms with Crippen LogP contribution in [0.5, 0.6) is 0 Å². The van der Waals surface area contributed by atoms with Gasteiger partial charge in [-0.05, 0) is 38.3 Å². The average molecular weight is 449 g/mol. The normalized spacial score (nSPS) is 17.8. The molecule has 0 aliphatic carbocycles. The van der Waals surface area contributed by atoms with Crippen LogP contribution in [0.2, 0.25) is 0 Å². The smallest absolute Gasteiger partial charge is 0.324 e. The molecule has 0 N–H and O–H groups in total. The zero-order valence-corrected chi connectivity index (χ0v) is 17.9. The fourth-order valence-electron chi connectivity index (χ4n) is 3.40. The Hall–Kier alpha value is -2.63. The highest BCUT2D eigenvalue weighted by atomic mass is 32.2. The molecule has 1 atom stereocenters. The van der Waals surface area contributed by atoms with Crippen molar-refractivity contribution in [1.82, 2.24) is 18.9 Å². The molecule has 2 aromatic heterocycles. The molecule has 1 saturated heterocycles. The van der Waals surface area contributed by atoms with Crippen molar-refractivity contribution in [1.29, 1.82) is 0 Å². The molecule has 1 aliphatic heterocycles. The van der Waals surface area contributed by atoms with Gasteiger partial charge in [0.05, 0.1) is 4.90 Å². The van der Waals surface area contributed by atoms with Crippen LogP contribution in [0.1, 0.15) is 30.0 Å². The number of sulfonamides is 1. The van der Waals surface area contributed by atoms with E-state index >= 15 is 0 Å². The van der Waals surface area contributed by atoms with E-state index in [4.69, 9.17) is 4.74 Å². The minimum Gasteiger partial charge on any atom is -0.457 e. The molecule has 30 heavy (non-hydrogen) atoms. The van der Waals surface area contributed by atoms with E-state index in [-0.39, 0.29) is 23.6 Å². The maximum atomic E-state index is 13.0. The van der Waals surface area contributed by atoms with Crippen LogP contribution >= 0.6 is 11.3 Å². The number of piperidine rings is 1. The number of nitrogens with zero attached hydrogens (tertiary/aromatic N) is 4. The van der Waals surface area contributed by atoms with Gasteiger partial charge in [0.25, 0.3) is 5.56 Å². The van der Waals surface area contributed by atoms with E-state index in [1.165, 1.54) is 22.5 Å². The summed E-state index contributed by atoms with van der Waals surface area (Å²) >= 11 is 1.15. The minimum atomic E-state index is -3.81. The van der Waals surface area contributed by atoms with E-state index < -0.39 is 22.0 Å². The molecular formula is C19H20N4O5S2. The Morgan fingerprint density at radius 2 is 2.03 bits per heavy atom. The van der Waals surface area contributed by atoms with Gasteiger partial charge in [-0.1, -0.05) is 29.5 Å². The van der Waals surface area contributed by atoms with Crippen molar-refractivity contribution in [3.63, 3.8) is 0 Å². The van der Waals surface area contributed by atoms with Gasteiger partial charge in [-0.25, -0.2) is 13.4 Å². The van der Waals surface area contributed by atoms with Crippen LogP contribution in [-0.2, 0) is 26.2 Å². The maximum Gasteiger partial charge on any atom is 0.324 e. The third kappa shape index (κ3) is 4.00. The van der Waals surface area contributed by atoms with Crippen molar-refractivity contribution in [2.75, 3.05) is 6.54 Å². The molecule has 9 nitrogen and oxygen atoms in total. The summed E-state index contributed by atoms with van der Waals surface area (Å²) in [4.78, 5) is 29.5. The standard InChI is InChI=1S/C19H20N4O5S2/c1-13-11-17(24)23-19(20-13)29-16(21-23)12-28-18(25)15-9-5-6-10-22(15)30(26,27)14-7-3-2-4-8-14/h2-4,7-8,11,15H,5-6,9-10,12H2,1H3. The number of hydrogen-bond donors (Lipinski definition) is 0. The number of ether oxygens (including phenoxy) is 1. The minimum absolute atomic E-state index is 0.150. The number of rotatable bonds is 5.